The first-order valence-electron chi connectivity index (χ1n) is 8.14. The summed E-state index contributed by atoms with van der Waals surface area (Å²) in [6.07, 6.45) is 2.99. The lowest BCUT2D eigenvalue weighted by Gasteiger charge is -2.20. The second kappa shape index (κ2) is 5.68. The number of nitrogens with zero attached hydrogens (tertiary/aromatic N) is 4. The molecule has 4 heterocycles. The lowest BCUT2D eigenvalue weighted by molar-refractivity contribution is -0.0593. The summed E-state index contributed by atoms with van der Waals surface area (Å²) in [4.78, 5) is 25.7. The van der Waals surface area contributed by atoms with Gasteiger partial charge in [0.05, 0.1) is 11.2 Å². The maximum atomic E-state index is 14.0. The van der Waals surface area contributed by atoms with Gasteiger partial charge in [-0.1, -0.05) is 13.0 Å². The standard InChI is InChI=1S/C18H16F2N4O/c1-11-10-24-15(5-6-18(11,19)20)23-14-8-12(9-22-16(14)17(24)25)13-4-2-3-7-21-13/h2-4,7-9,11H,5-6,10H2,1H3. The third-order valence-corrected chi connectivity index (χ3v) is 4.70. The summed E-state index contributed by atoms with van der Waals surface area (Å²) in [5, 5.41) is 0. The minimum Gasteiger partial charge on any atom is -0.294 e. The maximum absolute atomic E-state index is 14.0. The van der Waals surface area contributed by atoms with E-state index in [0.717, 1.165) is 5.56 Å². The van der Waals surface area contributed by atoms with Crippen LogP contribution in [0.4, 0.5) is 8.78 Å². The molecule has 3 aromatic rings. The molecule has 25 heavy (non-hydrogen) atoms. The fraction of sp³-hybridized carbons (Fsp3) is 0.333. The molecule has 1 aliphatic rings. The topological polar surface area (TPSA) is 60.7 Å². The number of pyridine rings is 2. The number of alkyl halides is 2. The number of aryl methyl sites for hydroxylation is 1. The van der Waals surface area contributed by atoms with Gasteiger partial charge < -0.3 is 0 Å². The van der Waals surface area contributed by atoms with Crippen LogP contribution in [-0.2, 0) is 13.0 Å². The van der Waals surface area contributed by atoms with Gasteiger partial charge >= 0.3 is 0 Å². The van der Waals surface area contributed by atoms with Gasteiger partial charge in [0.15, 0.2) is 5.52 Å². The summed E-state index contributed by atoms with van der Waals surface area (Å²) < 4.78 is 29.4. The van der Waals surface area contributed by atoms with Gasteiger partial charge in [-0.15, -0.1) is 0 Å². The van der Waals surface area contributed by atoms with Crippen molar-refractivity contribution in [2.24, 2.45) is 5.92 Å². The monoisotopic (exact) mass is 342 g/mol. The molecular weight excluding hydrogens is 326 g/mol. The molecule has 1 atom stereocenters. The Morgan fingerprint density at radius 2 is 2.12 bits per heavy atom. The van der Waals surface area contributed by atoms with Crippen LogP contribution in [0.2, 0.25) is 0 Å². The molecule has 5 nitrogen and oxygen atoms in total. The normalized spacial score (nSPS) is 19.4. The van der Waals surface area contributed by atoms with Crippen LogP contribution < -0.4 is 5.56 Å². The van der Waals surface area contributed by atoms with Crippen molar-refractivity contribution in [1.82, 2.24) is 19.5 Å². The Hall–Kier alpha value is -2.70. The molecule has 0 bridgehead atoms. The van der Waals surface area contributed by atoms with Crippen LogP contribution in [0.25, 0.3) is 22.3 Å². The van der Waals surface area contributed by atoms with Crippen LogP contribution in [0.1, 0.15) is 19.2 Å². The Morgan fingerprint density at radius 3 is 2.88 bits per heavy atom. The lowest BCUT2D eigenvalue weighted by Crippen LogP contribution is -2.31. The largest absolute Gasteiger partial charge is 0.294 e. The minimum absolute atomic E-state index is 0.0478. The predicted octanol–water partition coefficient (Wildman–Crippen LogP) is 3.07. The average Bonchev–Trinajstić information content (AvgIpc) is 2.73. The van der Waals surface area contributed by atoms with E-state index in [1.54, 1.807) is 18.5 Å². The van der Waals surface area contributed by atoms with Gasteiger partial charge in [-0.3, -0.25) is 14.3 Å². The Balaban J connectivity index is 1.87. The van der Waals surface area contributed by atoms with Crippen LogP contribution in [0, 0.1) is 5.92 Å². The first kappa shape index (κ1) is 15.8. The number of rotatable bonds is 1. The lowest BCUT2D eigenvalue weighted by atomic mass is 10.0. The third-order valence-electron chi connectivity index (χ3n) is 4.70. The highest BCUT2D eigenvalue weighted by Gasteiger charge is 2.39. The van der Waals surface area contributed by atoms with E-state index in [9.17, 15) is 13.6 Å². The highest BCUT2D eigenvalue weighted by Crippen LogP contribution is 2.33. The first-order chi connectivity index (χ1) is 12.0. The van der Waals surface area contributed by atoms with Crippen molar-refractivity contribution in [3.63, 3.8) is 0 Å². The van der Waals surface area contributed by atoms with E-state index < -0.39 is 11.8 Å². The number of hydrogen-bond donors (Lipinski definition) is 0. The molecule has 0 fully saturated rings. The minimum atomic E-state index is -2.81. The van der Waals surface area contributed by atoms with E-state index in [1.165, 1.54) is 11.5 Å². The summed E-state index contributed by atoms with van der Waals surface area (Å²) in [5.41, 5.74) is 1.70. The van der Waals surface area contributed by atoms with Gasteiger partial charge in [-0.25, -0.2) is 18.7 Å². The molecule has 0 amide bonds. The van der Waals surface area contributed by atoms with Crippen molar-refractivity contribution in [1.29, 1.82) is 0 Å². The number of aromatic nitrogens is 4. The molecule has 4 rings (SSSR count). The zero-order chi connectivity index (χ0) is 17.6. The van der Waals surface area contributed by atoms with Crippen molar-refractivity contribution in [2.75, 3.05) is 0 Å². The van der Waals surface area contributed by atoms with Crippen LogP contribution in [0.3, 0.4) is 0 Å². The molecule has 0 aliphatic carbocycles. The molecule has 0 radical (unpaired) electrons. The van der Waals surface area contributed by atoms with E-state index in [4.69, 9.17) is 0 Å². The molecule has 1 aliphatic heterocycles. The van der Waals surface area contributed by atoms with Crippen LogP contribution >= 0.6 is 0 Å². The predicted molar refractivity (Wildman–Crippen MR) is 89.5 cm³/mol. The Kier molecular flexibility index (Phi) is 3.59. The first-order valence-corrected chi connectivity index (χ1v) is 8.14. The molecule has 1 unspecified atom stereocenters. The van der Waals surface area contributed by atoms with Gasteiger partial charge in [0.25, 0.3) is 11.5 Å². The van der Waals surface area contributed by atoms with E-state index in [-0.39, 0.29) is 30.5 Å². The highest BCUT2D eigenvalue weighted by molar-refractivity contribution is 5.78. The molecule has 0 saturated heterocycles. The smallest absolute Gasteiger partial charge is 0.280 e. The van der Waals surface area contributed by atoms with Gasteiger partial charge in [-0.05, 0) is 18.2 Å². The van der Waals surface area contributed by atoms with Gasteiger partial charge in [0.2, 0.25) is 0 Å². The number of fused-ring (bicyclic) bond motifs is 2. The maximum Gasteiger partial charge on any atom is 0.280 e. The molecule has 128 valence electrons. The Morgan fingerprint density at radius 1 is 1.28 bits per heavy atom. The molecule has 0 aromatic carbocycles. The molecule has 0 saturated carbocycles. The van der Waals surface area contributed by atoms with Crippen molar-refractivity contribution in [3.8, 4) is 11.3 Å². The fourth-order valence-electron chi connectivity index (χ4n) is 3.13. The third kappa shape index (κ3) is 2.69. The van der Waals surface area contributed by atoms with Crippen molar-refractivity contribution < 1.29 is 8.78 Å². The van der Waals surface area contributed by atoms with E-state index in [1.807, 2.05) is 18.2 Å². The molecule has 7 heteroatoms. The summed E-state index contributed by atoms with van der Waals surface area (Å²) >= 11 is 0. The zero-order valence-corrected chi connectivity index (χ0v) is 13.6. The van der Waals surface area contributed by atoms with Crippen molar-refractivity contribution in [3.05, 3.63) is 52.8 Å². The molecule has 0 spiro atoms. The van der Waals surface area contributed by atoms with E-state index >= 15 is 0 Å². The van der Waals surface area contributed by atoms with E-state index in [2.05, 4.69) is 15.0 Å². The van der Waals surface area contributed by atoms with Crippen LogP contribution in [0.15, 0.2) is 41.5 Å². The fourth-order valence-corrected chi connectivity index (χ4v) is 3.13. The second-order valence-corrected chi connectivity index (χ2v) is 6.41. The van der Waals surface area contributed by atoms with Crippen molar-refractivity contribution >= 4 is 11.0 Å². The Bertz CT molecular complexity index is 1000. The highest BCUT2D eigenvalue weighted by atomic mass is 19.3. The number of hydrogen-bond acceptors (Lipinski definition) is 4. The summed E-state index contributed by atoms with van der Waals surface area (Å²) in [5.74, 6) is -3.33. The number of halogens is 2. The van der Waals surface area contributed by atoms with E-state index in [0.29, 0.717) is 17.0 Å². The Labute approximate surface area is 142 Å². The summed E-state index contributed by atoms with van der Waals surface area (Å²) in [6.45, 7) is 1.41. The van der Waals surface area contributed by atoms with Gasteiger partial charge in [0, 0.05) is 43.3 Å². The summed E-state index contributed by atoms with van der Waals surface area (Å²) in [6, 6.07) is 7.24. The second-order valence-electron chi connectivity index (χ2n) is 6.41. The SMILES string of the molecule is CC1Cn2c(nc3cc(-c4ccccn4)cnc3c2=O)CCC1(F)F. The average molecular weight is 342 g/mol. The van der Waals surface area contributed by atoms with Gasteiger partial charge in [0.1, 0.15) is 5.82 Å². The molecule has 0 N–H and O–H groups in total. The van der Waals surface area contributed by atoms with Crippen molar-refractivity contribution in [2.45, 2.75) is 32.2 Å². The molecular formula is C18H16F2N4O. The van der Waals surface area contributed by atoms with Crippen LogP contribution in [-0.4, -0.2) is 25.4 Å². The quantitative estimate of drug-likeness (QED) is 0.682. The molecule has 3 aromatic heterocycles. The van der Waals surface area contributed by atoms with Crippen LogP contribution in [0.5, 0.6) is 0 Å². The zero-order valence-electron chi connectivity index (χ0n) is 13.6. The van der Waals surface area contributed by atoms with Gasteiger partial charge in [-0.2, -0.15) is 0 Å². The summed E-state index contributed by atoms with van der Waals surface area (Å²) in [7, 11) is 0.